The van der Waals surface area contributed by atoms with E-state index in [4.69, 9.17) is 0 Å². The smallest absolute Gasteiger partial charge is 0.225 e. The van der Waals surface area contributed by atoms with Crippen molar-refractivity contribution in [2.24, 2.45) is 5.41 Å². The van der Waals surface area contributed by atoms with Crippen molar-refractivity contribution in [3.63, 3.8) is 0 Å². The molecule has 0 saturated carbocycles. The molecule has 1 aliphatic carbocycles. The number of hydrogen-bond acceptors (Lipinski definition) is 5. The van der Waals surface area contributed by atoms with Crippen LogP contribution in [-0.4, -0.2) is 43.0 Å². The van der Waals surface area contributed by atoms with Crippen LogP contribution in [0.5, 0.6) is 0 Å². The van der Waals surface area contributed by atoms with Crippen LogP contribution in [0.25, 0.3) is 11.8 Å². The number of aliphatic hydroxyl groups excluding tert-OH is 1. The molecule has 5 rings (SSSR count). The number of sulfone groups is 1. The Morgan fingerprint density at radius 3 is 2.58 bits per heavy atom. The summed E-state index contributed by atoms with van der Waals surface area (Å²) in [6.45, 7) is 1.28. The zero-order valence-electron chi connectivity index (χ0n) is 16.8. The van der Waals surface area contributed by atoms with E-state index in [1.165, 1.54) is 12.1 Å². The van der Waals surface area contributed by atoms with Crippen molar-refractivity contribution in [3.8, 4) is 5.69 Å². The summed E-state index contributed by atoms with van der Waals surface area (Å²) in [6, 6.07) is 14.0. The predicted octanol–water partition coefficient (Wildman–Crippen LogP) is 2.76. The summed E-state index contributed by atoms with van der Waals surface area (Å²) in [4.78, 5) is 0.163. The van der Waals surface area contributed by atoms with Gasteiger partial charge in [-0.1, -0.05) is 23.8 Å². The van der Waals surface area contributed by atoms with E-state index in [1.807, 2.05) is 6.08 Å². The normalized spacial score (nSPS) is 20.6. The van der Waals surface area contributed by atoms with Crippen molar-refractivity contribution < 1.29 is 17.9 Å². The Morgan fingerprint density at radius 2 is 1.87 bits per heavy atom. The fraction of sp³-hybridized carbons (Fsp3) is 0.261. The van der Waals surface area contributed by atoms with Gasteiger partial charge in [-0.3, -0.25) is 0 Å². The third-order valence-electron chi connectivity index (χ3n) is 6.21. The van der Waals surface area contributed by atoms with Crippen molar-refractivity contribution in [2.75, 3.05) is 19.7 Å². The first kappa shape index (κ1) is 20.1. The molecule has 0 bridgehead atoms. The number of nitrogens with one attached hydrogen (secondary N) is 1. The molecule has 0 spiro atoms. The first-order valence-corrected chi connectivity index (χ1v) is 11.6. The van der Waals surface area contributed by atoms with Gasteiger partial charge in [0.1, 0.15) is 5.82 Å². The first-order chi connectivity index (χ1) is 14.9. The van der Waals surface area contributed by atoms with Crippen molar-refractivity contribution in [2.45, 2.75) is 22.8 Å². The summed E-state index contributed by atoms with van der Waals surface area (Å²) >= 11 is 0. The number of piperidine rings is 1. The van der Waals surface area contributed by atoms with Gasteiger partial charge >= 0.3 is 0 Å². The lowest BCUT2D eigenvalue weighted by Crippen LogP contribution is -2.47. The molecule has 1 atom stereocenters. The second kappa shape index (κ2) is 7.40. The summed E-state index contributed by atoms with van der Waals surface area (Å²) in [7, 11) is -3.89. The fourth-order valence-corrected chi connectivity index (χ4v) is 5.94. The Labute approximate surface area is 180 Å². The predicted molar refractivity (Wildman–Crippen MR) is 114 cm³/mol. The summed E-state index contributed by atoms with van der Waals surface area (Å²) in [5.74, 6) is -0.377. The summed E-state index contributed by atoms with van der Waals surface area (Å²) in [6.07, 6.45) is 3.08. The van der Waals surface area contributed by atoms with Crippen LogP contribution in [0.2, 0.25) is 0 Å². The Bertz CT molecular complexity index is 1270. The van der Waals surface area contributed by atoms with Crippen LogP contribution in [0.1, 0.15) is 17.7 Å². The number of aliphatic hydroxyl groups is 1. The minimum atomic E-state index is -3.89. The molecule has 1 fully saturated rings. The standard InChI is InChI=1S/C23H22FN3O3S/c24-17-6-8-18(9-7-17)27-21-12-16-10-11-25-14-23(16,15-28)13-20(21)22(26-27)31(29,30)19-4-2-1-3-5-19/h1-9,12,25,28H,10-11,13-15H2. The lowest BCUT2D eigenvalue weighted by Gasteiger charge is -2.41. The van der Waals surface area contributed by atoms with Gasteiger partial charge in [0, 0.05) is 17.5 Å². The third-order valence-corrected chi connectivity index (χ3v) is 7.94. The highest BCUT2D eigenvalue weighted by molar-refractivity contribution is 7.91. The van der Waals surface area contributed by atoms with E-state index < -0.39 is 15.3 Å². The molecule has 2 aromatic carbocycles. The molecular formula is C23H22FN3O3S. The van der Waals surface area contributed by atoms with E-state index in [1.54, 1.807) is 47.1 Å². The molecule has 0 amide bonds. The molecule has 3 aromatic rings. The van der Waals surface area contributed by atoms with Gasteiger partial charge in [0.25, 0.3) is 0 Å². The molecule has 1 aliphatic heterocycles. The van der Waals surface area contributed by atoms with Crippen LogP contribution in [0.4, 0.5) is 4.39 Å². The van der Waals surface area contributed by atoms with Gasteiger partial charge in [0.05, 0.1) is 22.9 Å². The lowest BCUT2D eigenvalue weighted by molar-refractivity contribution is 0.139. The summed E-state index contributed by atoms with van der Waals surface area (Å²) in [5, 5.41) is 18.1. The molecule has 1 unspecified atom stereocenters. The zero-order chi connectivity index (χ0) is 21.6. The monoisotopic (exact) mass is 439 g/mol. The van der Waals surface area contributed by atoms with Gasteiger partial charge in [0.2, 0.25) is 9.84 Å². The molecule has 1 saturated heterocycles. The average Bonchev–Trinajstić information content (AvgIpc) is 3.17. The largest absolute Gasteiger partial charge is 0.395 e. The molecule has 160 valence electrons. The van der Waals surface area contributed by atoms with Crippen LogP contribution in [0.3, 0.4) is 0 Å². The van der Waals surface area contributed by atoms with Crippen molar-refractivity contribution in [3.05, 3.63) is 77.2 Å². The molecule has 1 aromatic heterocycles. The molecule has 6 nitrogen and oxygen atoms in total. The number of rotatable bonds is 4. The summed E-state index contributed by atoms with van der Waals surface area (Å²) in [5.41, 5.74) is 2.35. The van der Waals surface area contributed by atoms with E-state index in [-0.39, 0.29) is 22.3 Å². The number of benzene rings is 2. The third kappa shape index (κ3) is 3.22. The second-order valence-electron chi connectivity index (χ2n) is 8.09. The average molecular weight is 440 g/mol. The topological polar surface area (TPSA) is 84.2 Å². The second-order valence-corrected chi connectivity index (χ2v) is 9.95. The highest BCUT2D eigenvalue weighted by Gasteiger charge is 2.43. The molecular weight excluding hydrogens is 417 g/mol. The Morgan fingerprint density at radius 1 is 1.13 bits per heavy atom. The van der Waals surface area contributed by atoms with E-state index in [0.29, 0.717) is 29.9 Å². The maximum absolute atomic E-state index is 13.5. The highest BCUT2D eigenvalue weighted by Crippen LogP contribution is 2.44. The Balaban J connectivity index is 1.76. The molecule has 31 heavy (non-hydrogen) atoms. The molecule has 0 radical (unpaired) electrons. The van der Waals surface area contributed by atoms with Crippen LogP contribution in [0, 0.1) is 11.2 Å². The van der Waals surface area contributed by atoms with Gasteiger partial charge in [-0.2, -0.15) is 5.10 Å². The van der Waals surface area contributed by atoms with Gasteiger partial charge in [0.15, 0.2) is 5.03 Å². The zero-order valence-corrected chi connectivity index (χ0v) is 17.6. The number of nitrogens with zero attached hydrogens (tertiary/aromatic N) is 2. The van der Waals surface area contributed by atoms with Gasteiger partial charge < -0.3 is 10.4 Å². The Kier molecular flexibility index (Phi) is 4.80. The lowest BCUT2D eigenvalue weighted by atomic mass is 9.69. The number of hydrogen-bond donors (Lipinski definition) is 2. The van der Waals surface area contributed by atoms with E-state index >= 15 is 0 Å². The van der Waals surface area contributed by atoms with E-state index in [0.717, 1.165) is 18.5 Å². The van der Waals surface area contributed by atoms with E-state index in [9.17, 15) is 17.9 Å². The molecule has 2 N–H and O–H groups in total. The maximum Gasteiger partial charge on any atom is 0.225 e. The van der Waals surface area contributed by atoms with Crippen LogP contribution >= 0.6 is 0 Å². The maximum atomic E-state index is 13.5. The van der Waals surface area contributed by atoms with Crippen LogP contribution in [0.15, 0.2) is 70.1 Å². The van der Waals surface area contributed by atoms with Crippen LogP contribution in [-0.2, 0) is 16.3 Å². The van der Waals surface area contributed by atoms with Crippen molar-refractivity contribution >= 4 is 15.9 Å². The van der Waals surface area contributed by atoms with Gasteiger partial charge in [-0.05, 0) is 61.9 Å². The van der Waals surface area contributed by atoms with Gasteiger partial charge in [-0.25, -0.2) is 17.5 Å². The summed E-state index contributed by atoms with van der Waals surface area (Å²) < 4.78 is 42.1. The number of fused-ring (bicyclic) bond motifs is 2. The quantitative estimate of drug-likeness (QED) is 0.653. The fourth-order valence-electron chi connectivity index (χ4n) is 4.51. The SMILES string of the molecule is O=S(=O)(c1ccccc1)c1nn(-c2ccc(F)cc2)c2c1CC1(CO)CNCCC1=C2. The molecule has 2 heterocycles. The van der Waals surface area contributed by atoms with Crippen molar-refractivity contribution in [1.82, 2.24) is 15.1 Å². The number of aromatic nitrogens is 2. The number of halogens is 1. The highest BCUT2D eigenvalue weighted by atomic mass is 32.2. The minimum absolute atomic E-state index is 0.0216. The van der Waals surface area contributed by atoms with E-state index in [2.05, 4.69) is 10.4 Å². The molecule has 8 heteroatoms. The minimum Gasteiger partial charge on any atom is -0.395 e. The van der Waals surface area contributed by atoms with Crippen LogP contribution < -0.4 is 5.32 Å². The molecule has 2 aliphatic rings. The van der Waals surface area contributed by atoms with Gasteiger partial charge in [-0.15, -0.1) is 0 Å². The van der Waals surface area contributed by atoms with Crippen molar-refractivity contribution in [1.29, 1.82) is 0 Å². The Hall–Kier alpha value is -2.81. The first-order valence-electron chi connectivity index (χ1n) is 10.2.